The molecule has 3 aromatic rings. The van der Waals surface area contributed by atoms with Crippen LogP contribution >= 0.6 is 0 Å². The Labute approximate surface area is 167 Å². The Morgan fingerprint density at radius 1 is 1.21 bits per heavy atom. The SMILES string of the molecule is CC(C)(CNC(=O)c1cccc(COc2ccc(-c3ccn[nH]3)nc2)c1)C(=O)O. The highest BCUT2D eigenvalue weighted by atomic mass is 16.5. The van der Waals surface area contributed by atoms with Gasteiger partial charge in [-0.05, 0) is 49.7 Å². The topological polar surface area (TPSA) is 117 Å². The number of pyridine rings is 1. The zero-order valence-electron chi connectivity index (χ0n) is 16.2. The molecule has 0 aliphatic carbocycles. The maximum Gasteiger partial charge on any atom is 0.310 e. The van der Waals surface area contributed by atoms with E-state index >= 15 is 0 Å². The van der Waals surface area contributed by atoms with Gasteiger partial charge in [0.1, 0.15) is 12.4 Å². The molecule has 0 saturated carbocycles. The lowest BCUT2D eigenvalue weighted by Gasteiger charge is -2.19. The Hall–Kier alpha value is -3.68. The van der Waals surface area contributed by atoms with Gasteiger partial charge in [-0.25, -0.2) is 0 Å². The summed E-state index contributed by atoms with van der Waals surface area (Å²) in [7, 11) is 0. The van der Waals surface area contributed by atoms with Crippen LogP contribution in [0.2, 0.25) is 0 Å². The second-order valence-corrected chi connectivity index (χ2v) is 7.21. The van der Waals surface area contributed by atoms with Gasteiger partial charge in [0.25, 0.3) is 5.91 Å². The number of ether oxygens (including phenoxy) is 1. The van der Waals surface area contributed by atoms with Crippen molar-refractivity contribution in [1.82, 2.24) is 20.5 Å². The van der Waals surface area contributed by atoms with Crippen molar-refractivity contribution in [3.8, 4) is 17.1 Å². The number of carboxylic acids is 1. The minimum absolute atomic E-state index is 0.0379. The van der Waals surface area contributed by atoms with Crippen molar-refractivity contribution in [2.75, 3.05) is 6.54 Å². The van der Waals surface area contributed by atoms with Gasteiger partial charge in [0.15, 0.2) is 0 Å². The molecule has 1 amide bonds. The molecule has 29 heavy (non-hydrogen) atoms. The quantitative estimate of drug-likeness (QED) is 0.541. The van der Waals surface area contributed by atoms with Gasteiger partial charge in [-0.2, -0.15) is 5.10 Å². The van der Waals surface area contributed by atoms with Crippen molar-refractivity contribution in [3.63, 3.8) is 0 Å². The number of benzene rings is 1. The first-order chi connectivity index (χ1) is 13.8. The molecule has 0 aliphatic rings. The standard InChI is InChI=1S/C21H22N4O4/c1-21(2,20(27)28)13-23-19(26)15-5-3-4-14(10-15)12-29-16-6-7-17(22-11-16)18-8-9-24-25-18/h3-11H,12-13H2,1-2H3,(H,23,26)(H,24,25)(H,27,28). The maximum atomic E-state index is 12.3. The van der Waals surface area contributed by atoms with Crippen LogP contribution in [0, 0.1) is 5.41 Å². The Kier molecular flexibility index (Phi) is 5.92. The van der Waals surface area contributed by atoms with Gasteiger partial charge >= 0.3 is 5.97 Å². The van der Waals surface area contributed by atoms with Gasteiger partial charge in [0.05, 0.1) is 23.0 Å². The lowest BCUT2D eigenvalue weighted by Crippen LogP contribution is -2.38. The van der Waals surface area contributed by atoms with Crippen LogP contribution in [-0.2, 0) is 11.4 Å². The van der Waals surface area contributed by atoms with Gasteiger partial charge in [-0.3, -0.25) is 19.7 Å². The molecule has 1 aromatic carbocycles. The summed E-state index contributed by atoms with van der Waals surface area (Å²) in [6.45, 7) is 3.43. The van der Waals surface area contributed by atoms with Crippen molar-refractivity contribution < 1.29 is 19.4 Å². The van der Waals surface area contributed by atoms with E-state index in [0.29, 0.717) is 11.3 Å². The number of rotatable bonds is 8. The summed E-state index contributed by atoms with van der Waals surface area (Å²) in [5.74, 6) is -0.690. The summed E-state index contributed by atoms with van der Waals surface area (Å²) in [6, 6.07) is 12.5. The molecule has 0 fully saturated rings. The first-order valence-electron chi connectivity index (χ1n) is 9.04. The van der Waals surface area contributed by atoms with Gasteiger partial charge in [0, 0.05) is 18.3 Å². The number of H-pyrrole nitrogens is 1. The highest BCUT2D eigenvalue weighted by molar-refractivity contribution is 5.94. The molecule has 3 N–H and O–H groups in total. The van der Waals surface area contributed by atoms with E-state index in [9.17, 15) is 9.59 Å². The number of nitrogens with zero attached hydrogens (tertiary/aromatic N) is 2. The van der Waals surface area contributed by atoms with Crippen molar-refractivity contribution in [2.45, 2.75) is 20.5 Å². The fraction of sp³-hybridized carbons (Fsp3) is 0.238. The number of aromatic nitrogens is 3. The Morgan fingerprint density at radius 2 is 2.03 bits per heavy atom. The monoisotopic (exact) mass is 394 g/mol. The van der Waals surface area contributed by atoms with Gasteiger partial charge in [-0.1, -0.05) is 12.1 Å². The van der Waals surface area contributed by atoms with Crippen molar-refractivity contribution in [3.05, 3.63) is 66.0 Å². The third kappa shape index (κ3) is 5.19. The zero-order chi connectivity index (χ0) is 20.9. The number of hydrogen-bond donors (Lipinski definition) is 3. The van der Waals surface area contributed by atoms with E-state index in [4.69, 9.17) is 9.84 Å². The summed E-state index contributed by atoms with van der Waals surface area (Å²) < 4.78 is 5.75. The van der Waals surface area contributed by atoms with E-state index in [0.717, 1.165) is 17.0 Å². The van der Waals surface area contributed by atoms with Crippen LogP contribution in [-0.4, -0.2) is 38.7 Å². The molecule has 0 radical (unpaired) electrons. The van der Waals surface area contributed by atoms with E-state index in [1.54, 1.807) is 44.4 Å². The molecule has 8 heteroatoms. The van der Waals surface area contributed by atoms with Crippen LogP contribution in [0.3, 0.4) is 0 Å². The molecule has 0 aliphatic heterocycles. The van der Waals surface area contributed by atoms with Crippen molar-refractivity contribution in [2.24, 2.45) is 5.41 Å². The minimum Gasteiger partial charge on any atom is -0.487 e. The first-order valence-corrected chi connectivity index (χ1v) is 9.04. The lowest BCUT2D eigenvalue weighted by atomic mass is 9.94. The summed E-state index contributed by atoms with van der Waals surface area (Å²) >= 11 is 0. The molecule has 0 spiro atoms. The minimum atomic E-state index is -1.04. The van der Waals surface area contributed by atoms with E-state index in [-0.39, 0.29) is 19.1 Å². The highest BCUT2D eigenvalue weighted by Crippen LogP contribution is 2.18. The first kappa shape index (κ1) is 20.1. The molecule has 150 valence electrons. The molecule has 0 bridgehead atoms. The second kappa shape index (κ2) is 8.55. The van der Waals surface area contributed by atoms with Crippen LogP contribution in [0.5, 0.6) is 5.75 Å². The van der Waals surface area contributed by atoms with E-state index in [2.05, 4.69) is 20.5 Å². The molecule has 0 saturated heterocycles. The molecule has 0 atom stereocenters. The molecule has 2 aromatic heterocycles. The highest BCUT2D eigenvalue weighted by Gasteiger charge is 2.27. The average molecular weight is 394 g/mol. The number of carbonyl (C=O) groups is 2. The fourth-order valence-electron chi connectivity index (χ4n) is 2.47. The number of carbonyl (C=O) groups excluding carboxylic acids is 1. The Morgan fingerprint density at radius 3 is 2.69 bits per heavy atom. The summed E-state index contributed by atoms with van der Waals surface area (Å²) in [6.07, 6.45) is 3.29. The van der Waals surface area contributed by atoms with Crippen LogP contribution in [0.15, 0.2) is 54.9 Å². The number of aliphatic carboxylic acids is 1. The lowest BCUT2D eigenvalue weighted by molar-refractivity contribution is -0.146. The third-order valence-electron chi connectivity index (χ3n) is 4.38. The molecule has 8 nitrogen and oxygen atoms in total. The van der Waals surface area contributed by atoms with Crippen LogP contribution in [0.1, 0.15) is 29.8 Å². The van der Waals surface area contributed by atoms with Gasteiger partial charge in [0.2, 0.25) is 0 Å². The maximum absolute atomic E-state index is 12.3. The van der Waals surface area contributed by atoms with E-state index in [1.165, 1.54) is 0 Å². The molecule has 2 heterocycles. The third-order valence-corrected chi connectivity index (χ3v) is 4.38. The summed E-state index contributed by atoms with van der Waals surface area (Å²) in [5, 5.41) is 18.5. The van der Waals surface area contributed by atoms with Gasteiger partial charge in [-0.15, -0.1) is 0 Å². The zero-order valence-corrected chi connectivity index (χ0v) is 16.2. The predicted octanol–water partition coefficient (Wildman–Crippen LogP) is 2.89. The molecule has 3 rings (SSSR count). The van der Waals surface area contributed by atoms with Crippen LogP contribution in [0.25, 0.3) is 11.4 Å². The molecular formula is C21H22N4O4. The smallest absolute Gasteiger partial charge is 0.310 e. The number of aromatic amines is 1. The number of hydrogen-bond acceptors (Lipinski definition) is 5. The molecular weight excluding hydrogens is 372 g/mol. The largest absolute Gasteiger partial charge is 0.487 e. The van der Waals surface area contributed by atoms with Crippen LogP contribution < -0.4 is 10.1 Å². The van der Waals surface area contributed by atoms with E-state index < -0.39 is 11.4 Å². The average Bonchev–Trinajstić information content (AvgIpc) is 3.26. The number of nitrogens with one attached hydrogen (secondary N) is 2. The van der Waals surface area contributed by atoms with Crippen molar-refractivity contribution >= 4 is 11.9 Å². The fourth-order valence-corrected chi connectivity index (χ4v) is 2.47. The van der Waals surface area contributed by atoms with Crippen molar-refractivity contribution in [1.29, 1.82) is 0 Å². The Bertz CT molecular complexity index is 982. The number of carboxylic acid groups (broad SMARTS) is 1. The second-order valence-electron chi connectivity index (χ2n) is 7.21. The summed E-state index contributed by atoms with van der Waals surface area (Å²) in [4.78, 5) is 27.8. The Balaban J connectivity index is 1.58. The van der Waals surface area contributed by atoms with Crippen LogP contribution in [0.4, 0.5) is 0 Å². The van der Waals surface area contributed by atoms with E-state index in [1.807, 2.05) is 24.3 Å². The normalized spacial score (nSPS) is 11.1. The summed E-state index contributed by atoms with van der Waals surface area (Å²) in [5.41, 5.74) is 1.80. The number of amides is 1. The molecule has 0 unspecified atom stereocenters. The van der Waals surface area contributed by atoms with Gasteiger partial charge < -0.3 is 15.2 Å². The predicted molar refractivity (Wildman–Crippen MR) is 106 cm³/mol.